The highest BCUT2D eigenvalue weighted by molar-refractivity contribution is 5.31. The van der Waals surface area contributed by atoms with E-state index in [-0.39, 0.29) is 5.41 Å². The number of rotatable bonds is 4. The molecule has 0 spiro atoms. The molecule has 0 aliphatic heterocycles. The van der Waals surface area contributed by atoms with Crippen molar-refractivity contribution < 1.29 is 0 Å². The Morgan fingerprint density at radius 2 is 1.94 bits per heavy atom. The van der Waals surface area contributed by atoms with Crippen LogP contribution in [-0.4, -0.2) is 17.0 Å². The Morgan fingerprint density at radius 1 is 1.24 bits per heavy atom. The molecule has 0 bridgehead atoms. The van der Waals surface area contributed by atoms with Gasteiger partial charge in [-0.2, -0.15) is 0 Å². The molecular weight excluding hydrogens is 210 g/mol. The first-order valence-corrected chi connectivity index (χ1v) is 5.89. The van der Waals surface area contributed by atoms with E-state index in [1.165, 1.54) is 5.56 Å². The summed E-state index contributed by atoms with van der Waals surface area (Å²) in [5, 5.41) is 3.12. The Bertz CT molecular complexity index is 471. The van der Waals surface area contributed by atoms with E-state index in [9.17, 15) is 0 Å². The lowest BCUT2D eigenvalue weighted by Gasteiger charge is -2.22. The molecule has 2 rings (SSSR count). The number of aromatic amines is 1. The molecule has 0 amide bonds. The number of nitrogens with zero attached hydrogens (tertiary/aromatic N) is 1. The second-order valence-electron chi connectivity index (χ2n) is 4.78. The third-order valence-electron chi connectivity index (χ3n) is 3.08. The number of nitrogens with one attached hydrogen (secondary N) is 2. The molecule has 3 nitrogen and oxygen atoms in total. The molecule has 3 heteroatoms. The van der Waals surface area contributed by atoms with E-state index in [2.05, 4.69) is 53.4 Å². The molecule has 17 heavy (non-hydrogen) atoms. The van der Waals surface area contributed by atoms with Crippen LogP contribution in [0.4, 0.5) is 0 Å². The molecule has 1 heterocycles. The van der Waals surface area contributed by atoms with Crippen molar-refractivity contribution in [2.24, 2.45) is 0 Å². The summed E-state index contributed by atoms with van der Waals surface area (Å²) in [6.45, 7) is 5.19. The molecule has 0 unspecified atom stereocenters. The largest absolute Gasteiger partial charge is 0.344 e. The lowest BCUT2D eigenvalue weighted by molar-refractivity contribution is 0.596. The third-order valence-corrected chi connectivity index (χ3v) is 3.08. The fourth-order valence-corrected chi connectivity index (χ4v) is 1.95. The van der Waals surface area contributed by atoms with Gasteiger partial charge in [-0.3, -0.25) is 0 Å². The number of H-pyrrole nitrogens is 1. The molecule has 0 saturated carbocycles. The molecule has 90 valence electrons. The number of aromatic nitrogens is 2. The second kappa shape index (κ2) is 4.72. The van der Waals surface area contributed by atoms with Gasteiger partial charge in [-0.15, -0.1) is 0 Å². The van der Waals surface area contributed by atoms with Crippen LogP contribution in [0.5, 0.6) is 0 Å². The molecule has 0 aliphatic rings. The summed E-state index contributed by atoms with van der Waals surface area (Å²) in [6.07, 6.45) is 1.90. The van der Waals surface area contributed by atoms with E-state index in [4.69, 9.17) is 0 Å². The van der Waals surface area contributed by atoms with Gasteiger partial charge in [-0.05, 0) is 26.5 Å². The van der Waals surface area contributed by atoms with Crippen molar-refractivity contribution in [1.29, 1.82) is 0 Å². The number of hydrogen-bond acceptors (Lipinski definition) is 2. The summed E-state index contributed by atoms with van der Waals surface area (Å²) >= 11 is 0. The highest BCUT2D eigenvalue weighted by Gasteiger charge is 2.25. The smallest absolute Gasteiger partial charge is 0.116 e. The van der Waals surface area contributed by atoms with Crippen molar-refractivity contribution in [1.82, 2.24) is 15.3 Å². The molecule has 2 N–H and O–H groups in total. The Hall–Kier alpha value is -1.61. The molecule has 0 fully saturated rings. The van der Waals surface area contributed by atoms with Crippen molar-refractivity contribution in [3.05, 3.63) is 53.6 Å². The van der Waals surface area contributed by atoms with Crippen LogP contribution in [0.1, 0.15) is 30.9 Å². The highest BCUT2D eigenvalue weighted by atomic mass is 15.0. The van der Waals surface area contributed by atoms with Gasteiger partial charge in [0.25, 0.3) is 0 Å². The predicted octanol–water partition coefficient (Wildman–Crippen LogP) is 2.46. The number of benzene rings is 1. The third kappa shape index (κ3) is 2.39. The second-order valence-corrected chi connectivity index (χ2v) is 4.78. The molecule has 2 aromatic rings. The molecular formula is C14H19N3. The van der Waals surface area contributed by atoms with Crippen molar-refractivity contribution in [2.75, 3.05) is 7.05 Å². The minimum absolute atomic E-state index is 0.0900. The first-order chi connectivity index (χ1) is 8.14. The SMILES string of the molecule is CNCc1cnc(C(C)(C)c2ccccc2)[nH]1. The molecule has 0 aliphatic carbocycles. The monoisotopic (exact) mass is 229 g/mol. The average molecular weight is 229 g/mol. The van der Waals surface area contributed by atoms with Crippen molar-refractivity contribution in [3.8, 4) is 0 Å². The normalized spacial score (nSPS) is 11.7. The van der Waals surface area contributed by atoms with Gasteiger partial charge in [0, 0.05) is 23.9 Å². The Balaban J connectivity index is 2.31. The quantitative estimate of drug-likeness (QED) is 0.845. The van der Waals surface area contributed by atoms with Gasteiger partial charge >= 0.3 is 0 Å². The van der Waals surface area contributed by atoms with E-state index in [1.807, 2.05) is 19.3 Å². The van der Waals surface area contributed by atoms with Crippen LogP contribution >= 0.6 is 0 Å². The van der Waals surface area contributed by atoms with Crippen LogP contribution in [0.3, 0.4) is 0 Å². The van der Waals surface area contributed by atoms with Crippen LogP contribution < -0.4 is 5.32 Å². The van der Waals surface area contributed by atoms with E-state index < -0.39 is 0 Å². The zero-order valence-electron chi connectivity index (χ0n) is 10.6. The summed E-state index contributed by atoms with van der Waals surface area (Å²) in [5.41, 5.74) is 2.30. The molecule has 1 aromatic heterocycles. The van der Waals surface area contributed by atoms with E-state index in [0.29, 0.717) is 0 Å². The summed E-state index contributed by atoms with van der Waals surface area (Å²) in [7, 11) is 1.93. The molecule has 0 saturated heterocycles. The van der Waals surface area contributed by atoms with Crippen LogP contribution in [-0.2, 0) is 12.0 Å². The van der Waals surface area contributed by atoms with Gasteiger partial charge in [0.2, 0.25) is 0 Å². The highest BCUT2D eigenvalue weighted by Crippen LogP contribution is 2.28. The fraction of sp³-hybridized carbons (Fsp3) is 0.357. The first-order valence-electron chi connectivity index (χ1n) is 5.89. The van der Waals surface area contributed by atoms with Gasteiger partial charge in [0.15, 0.2) is 0 Å². The van der Waals surface area contributed by atoms with Crippen LogP contribution in [0.15, 0.2) is 36.5 Å². The van der Waals surface area contributed by atoms with Crippen LogP contribution in [0.2, 0.25) is 0 Å². The van der Waals surface area contributed by atoms with E-state index in [1.54, 1.807) is 0 Å². The minimum atomic E-state index is -0.0900. The lowest BCUT2D eigenvalue weighted by Crippen LogP contribution is -2.20. The Labute approximate surface area is 102 Å². The fourth-order valence-electron chi connectivity index (χ4n) is 1.95. The molecule has 0 radical (unpaired) electrons. The molecule has 1 aromatic carbocycles. The minimum Gasteiger partial charge on any atom is -0.344 e. The lowest BCUT2D eigenvalue weighted by atomic mass is 9.84. The summed E-state index contributed by atoms with van der Waals surface area (Å²) in [5.74, 6) is 1.01. The first kappa shape index (κ1) is 11.9. The van der Waals surface area contributed by atoms with Gasteiger partial charge in [-0.1, -0.05) is 30.3 Å². The number of hydrogen-bond donors (Lipinski definition) is 2. The van der Waals surface area contributed by atoms with Gasteiger partial charge < -0.3 is 10.3 Å². The van der Waals surface area contributed by atoms with E-state index >= 15 is 0 Å². The maximum atomic E-state index is 4.49. The summed E-state index contributed by atoms with van der Waals surface area (Å²) in [4.78, 5) is 7.87. The molecule has 0 atom stereocenters. The van der Waals surface area contributed by atoms with Gasteiger partial charge in [0.1, 0.15) is 5.82 Å². The number of imidazole rings is 1. The Morgan fingerprint density at radius 3 is 2.59 bits per heavy atom. The van der Waals surface area contributed by atoms with Gasteiger partial charge in [0.05, 0.1) is 0 Å². The van der Waals surface area contributed by atoms with E-state index in [0.717, 1.165) is 18.1 Å². The van der Waals surface area contributed by atoms with Crippen molar-refractivity contribution >= 4 is 0 Å². The average Bonchev–Trinajstić information content (AvgIpc) is 2.80. The zero-order chi connectivity index (χ0) is 12.3. The maximum Gasteiger partial charge on any atom is 0.116 e. The zero-order valence-corrected chi connectivity index (χ0v) is 10.6. The summed E-state index contributed by atoms with van der Waals surface area (Å²) in [6, 6.07) is 10.4. The van der Waals surface area contributed by atoms with Crippen LogP contribution in [0.25, 0.3) is 0 Å². The van der Waals surface area contributed by atoms with Crippen LogP contribution in [0, 0.1) is 0 Å². The standard InChI is InChI=1S/C14H19N3/c1-14(2,11-7-5-4-6-8-11)13-16-10-12(17-13)9-15-3/h4-8,10,15H,9H2,1-3H3,(H,16,17). The van der Waals surface area contributed by atoms with Crippen molar-refractivity contribution in [2.45, 2.75) is 25.8 Å². The summed E-state index contributed by atoms with van der Waals surface area (Å²) < 4.78 is 0. The maximum absolute atomic E-state index is 4.49. The Kier molecular flexibility index (Phi) is 3.29. The van der Waals surface area contributed by atoms with Gasteiger partial charge in [-0.25, -0.2) is 4.98 Å². The van der Waals surface area contributed by atoms with Crippen molar-refractivity contribution in [3.63, 3.8) is 0 Å². The topological polar surface area (TPSA) is 40.7 Å². The predicted molar refractivity (Wildman–Crippen MR) is 69.9 cm³/mol.